The zero-order valence-electron chi connectivity index (χ0n) is 14.9. The first-order valence-corrected chi connectivity index (χ1v) is 11.1. The van der Waals surface area contributed by atoms with Crippen molar-refractivity contribution in [3.63, 3.8) is 0 Å². The van der Waals surface area contributed by atoms with E-state index in [0.29, 0.717) is 27.2 Å². The fraction of sp³-hybridized carbons (Fsp3) is 0.211. The van der Waals surface area contributed by atoms with Crippen LogP contribution in [-0.4, -0.2) is 32.1 Å². The first kappa shape index (κ1) is 19.4. The van der Waals surface area contributed by atoms with Crippen molar-refractivity contribution < 1.29 is 17.6 Å². The fourth-order valence-electron chi connectivity index (χ4n) is 2.61. The molecule has 142 valence electrons. The largest absolute Gasteiger partial charge is 0.351 e. The number of hydrogen-bond acceptors (Lipinski definition) is 4. The van der Waals surface area contributed by atoms with Gasteiger partial charge in [0.1, 0.15) is 11.5 Å². The van der Waals surface area contributed by atoms with Crippen LogP contribution in [0, 0.1) is 5.82 Å². The van der Waals surface area contributed by atoms with Crippen molar-refractivity contribution in [2.45, 2.75) is 28.0 Å². The second kappa shape index (κ2) is 7.74. The second-order valence-electron chi connectivity index (χ2n) is 6.10. The van der Waals surface area contributed by atoms with Crippen molar-refractivity contribution in [2.24, 2.45) is 0 Å². The molecule has 0 radical (unpaired) electrons. The van der Waals surface area contributed by atoms with E-state index >= 15 is 0 Å². The molecular weight excluding hydrogens is 387 g/mol. The van der Waals surface area contributed by atoms with E-state index in [0.717, 1.165) is 24.4 Å². The molecule has 0 atom stereocenters. The Labute approximate surface area is 161 Å². The number of hydrogen-bond donors (Lipinski definition) is 2. The quantitative estimate of drug-likeness (QED) is 0.648. The summed E-state index contributed by atoms with van der Waals surface area (Å²) in [7, 11) is -3.39. The molecule has 0 spiro atoms. The summed E-state index contributed by atoms with van der Waals surface area (Å²) >= 11 is 1.14. The lowest BCUT2D eigenvalue weighted by Crippen LogP contribution is -2.24. The monoisotopic (exact) mass is 406 g/mol. The van der Waals surface area contributed by atoms with Crippen LogP contribution in [0.2, 0.25) is 0 Å². The van der Waals surface area contributed by atoms with E-state index in [-0.39, 0.29) is 22.3 Å². The molecule has 27 heavy (non-hydrogen) atoms. The molecule has 2 N–H and O–H groups in total. The Hall–Kier alpha value is -2.32. The molecule has 2 aromatic carbocycles. The van der Waals surface area contributed by atoms with Gasteiger partial charge in [-0.1, -0.05) is 36.9 Å². The number of carbonyl (C=O) groups is 1. The Bertz CT molecular complexity index is 1110. The summed E-state index contributed by atoms with van der Waals surface area (Å²) in [5.41, 5.74) is 0.802. The maximum atomic E-state index is 14.1. The van der Waals surface area contributed by atoms with Crippen molar-refractivity contribution in [1.29, 1.82) is 0 Å². The summed E-state index contributed by atoms with van der Waals surface area (Å²) in [5.74, 6) is -0.697. The molecule has 8 heteroatoms. The molecule has 3 rings (SSSR count). The molecule has 0 aliphatic rings. The Morgan fingerprint density at radius 1 is 1.22 bits per heavy atom. The SMILES string of the molecule is CCCNC(=O)c1[nH]c2cc(S(C)(=O)=O)ccc2c1Sc1ccccc1F. The lowest BCUT2D eigenvalue weighted by molar-refractivity contribution is 0.0946. The van der Waals surface area contributed by atoms with Gasteiger partial charge < -0.3 is 10.3 Å². The molecule has 0 aliphatic carbocycles. The van der Waals surface area contributed by atoms with Gasteiger partial charge in [0.15, 0.2) is 9.84 Å². The van der Waals surface area contributed by atoms with E-state index in [4.69, 9.17) is 0 Å². The number of aromatic amines is 1. The highest BCUT2D eigenvalue weighted by Crippen LogP contribution is 2.38. The molecule has 0 unspecified atom stereocenters. The number of halogens is 1. The van der Waals surface area contributed by atoms with Gasteiger partial charge >= 0.3 is 0 Å². The zero-order chi connectivity index (χ0) is 19.6. The number of amides is 1. The molecule has 0 fully saturated rings. The lowest BCUT2D eigenvalue weighted by atomic mass is 10.2. The van der Waals surface area contributed by atoms with Crippen molar-refractivity contribution in [3.8, 4) is 0 Å². The van der Waals surface area contributed by atoms with Crippen molar-refractivity contribution >= 4 is 38.4 Å². The van der Waals surface area contributed by atoms with E-state index in [9.17, 15) is 17.6 Å². The lowest BCUT2D eigenvalue weighted by Gasteiger charge is -2.06. The third kappa shape index (κ3) is 4.17. The summed E-state index contributed by atoms with van der Waals surface area (Å²) < 4.78 is 37.8. The molecule has 1 amide bonds. The van der Waals surface area contributed by atoms with Crippen LogP contribution in [0.3, 0.4) is 0 Å². The highest BCUT2D eigenvalue weighted by atomic mass is 32.2. The number of benzene rings is 2. The molecule has 0 saturated heterocycles. The Morgan fingerprint density at radius 3 is 2.63 bits per heavy atom. The molecular formula is C19H19FN2O3S2. The Balaban J connectivity index is 2.15. The standard InChI is InChI=1S/C19H19FN2O3S2/c1-3-10-21-19(23)17-18(26-16-7-5-4-6-14(16)20)13-9-8-12(27(2,24)25)11-15(13)22-17/h4-9,11,22H,3,10H2,1-2H3,(H,21,23). The average Bonchev–Trinajstić information content (AvgIpc) is 2.99. The van der Waals surface area contributed by atoms with Gasteiger partial charge in [-0.2, -0.15) is 0 Å². The Kier molecular flexibility index (Phi) is 5.57. The van der Waals surface area contributed by atoms with E-state index in [1.807, 2.05) is 6.92 Å². The number of carbonyl (C=O) groups excluding carboxylic acids is 1. The van der Waals surface area contributed by atoms with Crippen molar-refractivity contribution in [3.05, 3.63) is 54.0 Å². The van der Waals surface area contributed by atoms with Gasteiger partial charge in [-0.25, -0.2) is 12.8 Å². The van der Waals surface area contributed by atoms with Gasteiger partial charge in [0.25, 0.3) is 5.91 Å². The fourth-order valence-corrected chi connectivity index (χ4v) is 4.32. The smallest absolute Gasteiger partial charge is 0.268 e. The predicted octanol–water partition coefficient (Wildman–Crippen LogP) is 4.00. The Morgan fingerprint density at radius 2 is 1.96 bits per heavy atom. The summed E-state index contributed by atoms with van der Waals surface area (Å²) in [6.45, 7) is 2.45. The minimum atomic E-state index is -3.39. The van der Waals surface area contributed by atoms with Crippen LogP contribution >= 0.6 is 11.8 Å². The van der Waals surface area contributed by atoms with Crippen LogP contribution < -0.4 is 5.32 Å². The van der Waals surface area contributed by atoms with Gasteiger partial charge in [0.2, 0.25) is 0 Å². The first-order chi connectivity index (χ1) is 12.8. The van der Waals surface area contributed by atoms with Crippen molar-refractivity contribution in [1.82, 2.24) is 10.3 Å². The van der Waals surface area contributed by atoms with Gasteiger partial charge in [0, 0.05) is 28.6 Å². The molecule has 1 aromatic heterocycles. The second-order valence-corrected chi connectivity index (χ2v) is 9.16. The molecule has 0 aliphatic heterocycles. The van der Waals surface area contributed by atoms with Gasteiger partial charge in [-0.05, 0) is 30.7 Å². The van der Waals surface area contributed by atoms with Gasteiger partial charge in [-0.3, -0.25) is 4.79 Å². The van der Waals surface area contributed by atoms with Crippen LogP contribution in [0.4, 0.5) is 4.39 Å². The van der Waals surface area contributed by atoms with Crippen LogP contribution in [0.15, 0.2) is 57.2 Å². The molecule has 0 saturated carbocycles. The van der Waals surface area contributed by atoms with Gasteiger partial charge in [0.05, 0.1) is 9.79 Å². The van der Waals surface area contributed by atoms with Crippen molar-refractivity contribution in [2.75, 3.05) is 12.8 Å². The highest BCUT2D eigenvalue weighted by molar-refractivity contribution is 7.99. The number of H-pyrrole nitrogens is 1. The zero-order valence-corrected chi connectivity index (χ0v) is 16.5. The van der Waals surface area contributed by atoms with Crippen LogP contribution in [0.5, 0.6) is 0 Å². The predicted molar refractivity (Wildman–Crippen MR) is 105 cm³/mol. The highest BCUT2D eigenvalue weighted by Gasteiger charge is 2.21. The topological polar surface area (TPSA) is 79.0 Å². The summed E-state index contributed by atoms with van der Waals surface area (Å²) in [5, 5.41) is 3.46. The van der Waals surface area contributed by atoms with Gasteiger partial charge in [-0.15, -0.1) is 0 Å². The minimum Gasteiger partial charge on any atom is -0.351 e. The van der Waals surface area contributed by atoms with Crippen LogP contribution in [-0.2, 0) is 9.84 Å². The number of rotatable bonds is 6. The van der Waals surface area contributed by atoms with E-state index < -0.39 is 9.84 Å². The number of sulfone groups is 1. The third-order valence-corrected chi connectivity index (χ3v) is 6.25. The van der Waals surface area contributed by atoms with Crippen LogP contribution in [0.25, 0.3) is 10.9 Å². The molecule has 5 nitrogen and oxygen atoms in total. The number of nitrogens with one attached hydrogen (secondary N) is 2. The van der Waals surface area contributed by atoms with E-state index in [2.05, 4.69) is 10.3 Å². The molecule has 1 heterocycles. The maximum Gasteiger partial charge on any atom is 0.268 e. The summed E-state index contributed by atoms with van der Waals surface area (Å²) in [4.78, 5) is 16.7. The maximum absolute atomic E-state index is 14.1. The first-order valence-electron chi connectivity index (χ1n) is 8.37. The van der Waals surface area contributed by atoms with Crippen LogP contribution in [0.1, 0.15) is 23.8 Å². The van der Waals surface area contributed by atoms with E-state index in [1.54, 1.807) is 24.3 Å². The molecule has 0 bridgehead atoms. The summed E-state index contributed by atoms with van der Waals surface area (Å²) in [6.07, 6.45) is 1.90. The number of aromatic nitrogens is 1. The van der Waals surface area contributed by atoms with E-state index in [1.165, 1.54) is 18.2 Å². The third-order valence-electron chi connectivity index (χ3n) is 3.96. The normalized spacial score (nSPS) is 11.7. The average molecular weight is 407 g/mol. The molecule has 3 aromatic rings. The number of fused-ring (bicyclic) bond motifs is 1. The minimum absolute atomic E-state index is 0.152. The summed E-state index contributed by atoms with van der Waals surface area (Å²) in [6, 6.07) is 10.9.